The zero-order valence-electron chi connectivity index (χ0n) is 14.1. The minimum absolute atomic E-state index is 0.318. The van der Waals surface area contributed by atoms with Crippen LogP contribution in [0, 0.1) is 11.3 Å². The van der Waals surface area contributed by atoms with Gasteiger partial charge in [0, 0.05) is 0 Å². The summed E-state index contributed by atoms with van der Waals surface area (Å²) < 4.78 is 69.7. The monoisotopic (exact) mass is 362 g/mol. The zero-order chi connectivity index (χ0) is 19.2. The van der Waals surface area contributed by atoms with Crippen LogP contribution >= 0.6 is 0 Å². The molecule has 24 heavy (non-hydrogen) atoms. The molecule has 0 rings (SSSR count). The topological polar surface area (TPSA) is 52.6 Å². The molecule has 1 atom stereocenters. The number of hydrogen-bond donors (Lipinski definition) is 0. The second kappa shape index (κ2) is 8.62. The Morgan fingerprint density at radius 2 is 1.54 bits per heavy atom. The summed E-state index contributed by atoms with van der Waals surface area (Å²) in [5.41, 5.74) is -0.318. The first-order valence-corrected chi connectivity index (χ1v) is 7.55. The van der Waals surface area contributed by atoms with Crippen molar-refractivity contribution in [1.82, 2.24) is 0 Å². The molecule has 0 aliphatic rings. The minimum Gasteiger partial charge on any atom is -0.465 e. The average molecular weight is 362 g/mol. The van der Waals surface area contributed by atoms with E-state index in [0.29, 0.717) is 6.42 Å². The highest BCUT2D eigenvalue weighted by atomic mass is 19.4. The molecule has 0 aromatic carbocycles. The van der Waals surface area contributed by atoms with Crippen molar-refractivity contribution in [3.05, 3.63) is 0 Å². The van der Waals surface area contributed by atoms with Crippen LogP contribution in [0.25, 0.3) is 0 Å². The highest BCUT2D eigenvalue weighted by Crippen LogP contribution is 2.35. The second-order valence-corrected chi connectivity index (χ2v) is 6.08. The summed E-state index contributed by atoms with van der Waals surface area (Å²) in [6, 6.07) is 0. The van der Waals surface area contributed by atoms with Gasteiger partial charge in [-0.3, -0.25) is 9.59 Å². The van der Waals surface area contributed by atoms with Crippen LogP contribution in [0.5, 0.6) is 0 Å². The van der Waals surface area contributed by atoms with Gasteiger partial charge in [0.1, 0.15) is 6.61 Å². The van der Waals surface area contributed by atoms with Gasteiger partial charge in [0.25, 0.3) is 0 Å². The predicted molar refractivity (Wildman–Crippen MR) is 75.4 cm³/mol. The van der Waals surface area contributed by atoms with Crippen molar-refractivity contribution in [3.8, 4) is 0 Å². The maximum Gasteiger partial charge on any atom is 0.456 e. The van der Waals surface area contributed by atoms with Crippen LogP contribution in [-0.4, -0.2) is 37.3 Å². The molecule has 0 saturated carbocycles. The van der Waals surface area contributed by atoms with Gasteiger partial charge in [-0.2, -0.15) is 22.0 Å². The molecule has 0 saturated heterocycles. The van der Waals surface area contributed by atoms with E-state index < -0.39 is 49.6 Å². The molecule has 142 valence electrons. The summed E-state index contributed by atoms with van der Waals surface area (Å²) in [7, 11) is 0. The largest absolute Gasteiger partial charge is 0.465 e. The first-order valence-electron chi connectivity index (χ1n) is 7.55. The van der Waals surface area contributed by atoms with E-state index in [4.69, 9.17) is 4.74 Å². The Labute approximate surface area is 137 Å². The molecule has 0 bridgehead atoms. The third kappa shape index (κ3) is 6.60. The molecule has 0 aliphatic carbocycles. The number of carbonyl (C=O) groups excluding carboxylic acids is 2. The van der Waals surface area contributed by atoms with Crippen LogP contribution in [-0.2, 0) is 19.1 Å². The van der Waals surface area contributed by atoms with Crippen molar-refractivity contribution in [2.45, 2.75) is 59.1 Å². The van der Waals surface area contributed by atoms with E-state index in [1.165, 1.54) is 0 Å². The zero-order valence-corrected chi connectivity index (χ0v) is 14.1. The van der Waals surface area contributed by atoms with E-state index in [0.717, 1.165) is 6.42 Å². The van der Waals surface area contributed by atoms with Crippen LogP contribution in [0.4, 0.5) is 22.0 Å². The molecular weight excluding hydrogens is 339 g/mol. The lowest BCUT2D eigenvalue weighted by molar-refractivity contribution is -0.294. The van der Waals surface area contributed by atoms with Gasteiger partial charge in [0.2, 0.25) is 0 Å². The van der Waals surface area contributed by atoms with E-state index in [2.05, 4.69) is 4.74 Å². The van der Waals surface area contributed by atoms with E-state index in [9.17, 15) is 31.5 Å². The molecule has 0 N–H and O–H groups in total. The molecule has 0 amide bonds. The normalized spacial score (nSPS) is 14.2. The summed E-state index contributed by atoms with van der Waals surface area (Å²) in [4.78, 5) is 23.1. The number of ether oxygens (including phenoxy) is 2. The molecule has 9 heteroatoms. The Kier molecular flexibility index (Phi) is 8.11. The second-order valence-electron chi connectivity index (χ2n) is 6.08. The highest BCUT2D eigenvalue weighted by molar-refractivity contribution is 5.74. The van der Waals surface area contributed by atoms with Crippen LogP contribution in [0.15, 0.2) is 0 Å². The van der Waals surface area contributed by atoms with Gasteiger partial charge < -0.3 is 9.47 Å². The molecule has 0 aromatic rings. The fourth-order valence-corrected chi connectivity index (χ4v) is 1.95. The molecule has 1 unspecified atom stereocenters. The van der Waals surface area contributed by atoms with Crippen molar-refractivity contribution in [1.29, 1.82) is 0 Å². The Morgan fingerprint density at radius 1 is 1.00 bits per heavy atom. The van der Waals surface area contributed by atoms with Gasteiger partial charge in [-0.15, -0.1) is 0 Å². The van der Waals surface area contributed by atoms with Crippen molar-refractivity contribution >= 4 is 11.9 Å². The lowest BCUT2D eigenvalue weighted by Gasteiger charge is -2.30. The Bertz CT molecular complexity index is 432. The standard InChI is InChI=1S/C15H23F5O4/c1-5-10(13(3,4)6-2)12(22)23-8-7-11(21)24-9-14(16,17)15(18,19)20/h10H,5-9H2,1-4H3. The minimum atomic E-state index is -5.79. The summed E-state index contributed by atoms with van der Waals surface area (Å²) in [5, 5.41) is 0. The predicted octanol–water partition coefficient (Wildman–Crippen LogP) is 4.12. The first-order chi connectivity index (χ1) is 10.8. The van der Waals surface area contributed by atoms with Crippen LogP contribution in [0.1, 0.15) is 47.0 Å². The fourth-order valence-electron chi connectivity index (χ4n) is 1.95. The number of rotatable bonds is 9. The maximum absolute atomic E-state index is 12.6. The number of alkyl halides is 5. The fraction of sp³-hybridized carbons (Fsp3) is 0.867. The third-order valence-corrected chi connectivity index (χ3v) is 3.93. The van der Waals surface area contributed by atoms with Crippen molar-refractivity contribution in [2.75, 3.05) is 13.2 Å². The van der Waals surface area contributed by atoms with E-state index in [1.807, 2.05) is 20.8 Å². The van der Waals surface area contributed by atoms with E-state index in [-0.39, 0.29) is 5.41 Å². The van der Waals surface area contributed by atoms with Crippen molar-refractivity contribution in [3.63, 3.8) is 0 Å². The summed E-state index contributed by atoms with van der Waals surface area (Å²) >= 11 is 0. The number of halogens is 5. The molecule has 0 aliphatic heterocycles. The SMILES string of the molecule is CCC(C(=O)OCCC(=O)OCC(F)(F)C(F)(F)F)C(C)(C)CC. The van der Waals surface area contributed by atoms with Gasteiger partial charge in [-0.05, 0) is 11.8 Å². The van der Waals surface area contributed by atoms with Crippen LogP contribution in [0.2, 0.25) is 0 Å². The number of carbonyl (C=O) groups is 2. The lowest BCUT2D eigenvalue weighted by Crippen LogP contribution is -2.41. The molecule has 0 heterocycles. The molecule has 0 fully saturated rings. The molecular formula is C15H23F5O4. The van der Waals surface area contributed by atoms with Crippen LogP contribution in [0.3, 0.4) is 0 Å². The van der Waals surface area contributed by atoms with E-state index in [1.54, 1.807) is 6.92 Å². The summed E-state index contributed by atoms with van der Waals surface area (Å²) in [6.45, 7) is 4.95. The number of esters is 2. The van der Waals surface area contributed by atoms with E-state index >= 15 is 0 Å². The Balaban J connectivity index is 4.33. The van der Waals surface area contributed by atoms with Gasteiger partial charge in [0.15, 0.2) is 6.61 Å². The van der Waals surface area contributed by atoms with Gasteiger partial charge in [-0.1, -0.05) is 34.1 Å². The first kappa shape index (κ1) is 22.6. The van der Waals surface area contributed by atoms with Crippen molar-refractivity contribution < 1.29 is 41.0 Å². The summed E-state index contributed by atoms with van der Waals surface area (Å²) in [6.07, 6.45) is -5.15. The van der Waals surface area contributed by atoms with Gasteiger partial charge >= 0.3 is 24.0 Å². The van der Waals surface area contributed by atoms with Gasteiger partial charge in [-0.25, -0.2) is 0 Å². The molecule has 4 nitrogen and oxygen atoms in total. The Hall–Kier alpha value is -1.41. The smallest absolute Gasteiger partial charge is 0.456 e. The molecule has 0 radical (unpaired) electrons. The average Bonchev–Trinajstić information content (AvgIpc) is 2.44. The third-order valence-electron chi connectivity index (χ3n) is 3.93. The molecule has 0 aromatic heterocycles. The Morgan fingerprint density at radius 3 is 1.96 bits per heavy atom. The summed E-state index contributed by atoms with van der Waals surface area (Å²) in [5.74, 6) is -7.36. The maximum atomic E-state index is 12.6. The van der Waals surface area contributed by atoms with Crippen molar-refractivity contribution in [2.24, 2.45) is 11.3 Å². The lowest BCUT2D eigenvalue weighted by atomic mass is 9.75. The van der Waals surface area contributed by atoms with Crippen LogP contribution < -0.4 is 0 Å². The van der Waals surface area contributed by atoms with Gasteiger partial charge in [0.05, 0.1) is 12.3 Å². The quantitative estimate of drug-likeness (QED) is 0.457. The molecule has 0 spiro atoms. The number of hydrogen-bond acceptors (Lipinski definition) is 4. The highest BCUT2D eigenvalue weighted by Gasteiger charge is 2.58.